The lowest BCUT2D eigenvalue weighted by Gasteiger charge is -2.62. The van der Waals surface area contributed by atoms with Gasteiger partial charge < -0.3 is 31.1 Å². The van der Waals surface area contributed by atoms with Crippen molar-refractivity contribution in [3.05, 3.63) is 29.8 Å². The third-order valence-electron chi connectivity index (χ3n) is 9.17. The van der Waals surface area contributed by atoms with Crippen molar-refractivity contribution in [3.8, 4) is 0 Å². The maximum absolute atomic E-state index is 11.6. The minimum absolute atomic E-state index is 0.126. The van der Waals surface area contributed by atoms with E-state index in [-0.39, 0.29) is 17.7 Å². The van der Waals surface area contributed by atoms with E-state index in [0.717, 1.165) is 19.3 Å². The molecular formula is C24H33N3O6. The van der Waals surface area contributed by atoms with Crippen molar-refractivity contribution in [2.24, 2.45) is 23.5 Å². The molecule has 33 heavy (non-hydrogen) atoms. The fourth-order valence-corrected chi connectivity index (χ4v) is 8.16. The van der Waals surface area contributed by atoms with Gasteiger partial charge in [-0.05, 0) is 36.8 Å². The molecule has 7 rings (SSSR count). The van der Waals surface area contributed by atoms with Crippen LogP contribution in [0.25, 0.3) is 0 Å². The van der Waals surface area contributed by atoms with E-state index in [4.69, 9.17) is 15.9 Å². The van der Waals surface area contributed by atoms with Gasteiger partial charge in [0.05, 0.1) is 18.6 Å². The van der Waals surface area contributed by atoms with E-state index in [2.05, 4.69) is 48.0 Å². The highest BCUT2D eigenvalue weighted by Crippen LogP contribution is 2.68. The molecule has 0 aromatic heterocycles. The first kappa shape index (κ1) is 22.6. The summed E-state index contributed by atoms with van der Waals surface area (Å²) in [7, 11) is 2.19. The van der Waals surface area contributed by atoms with Crippen LogP contribution in [-0.2, 0) is 15.0 Å². The van der Waals surface area contributed by atoms with Gasteiger partial charge in [-0.2, -0.15) is 0 Å². The van der Waals surface area contributed by atoms with Gasteiger partial charge >= 0.3 is 11.9 Å². The molecule has 180 valence electrons. The molecule has 1 spiro atoms. The van der Waals surface area contributed by atoms with Crippen molar-refractivity contribution >= 4 is 17.6 Å². The van der Waals surface area contributed by atoms with E-state index < -0.39 is 24.4 Å². The number of hydrogen-bond acceptors (Lipinski definition) is 7. The molecule has 9 heteroatoms. The monoisotopic (exact) mass is 459 g/mol. The molecule has 1 aromatic carbocycles. The van der Waals surface area contributed by atoms with Crippen molar-refractivity contribution in [3.63, 3.8) is 0 Å². The predicted molar refractivity (Wildman–Crippen MR) is 120 cm³/mol. The molecule has 1 saturated carbocycles. The van der Waals surface area contributed by atoms with E-state index in [9.17, 15) is 19.8 Å². The van der Waals surface area contributed by atoms with Crippen LogP contribution < -0.4 is 10.6 Å². The van der Waals surface area contributed by atoms with E-state index in [1.165, 1.54) is 11.3 Å². The summed E-state index contributed by atoms with van der Waals surface area (Å²) in [5.74, 6) is -1.36. The van der Waals surface area contributed by atoms with Gasteiger partial charge in [0.15, 0.2) is 0 Å². The normalized spacial score (nSPS) is 44.0. The number of anilines is 1. The Kier molecular flexibility index (Phi) is 5.24. The highest BCUT2D eigenvalue weighted by atomic mass is 16.4. The summed E-state index contributed by atoms with van der Waals surface area (Å²) in [6, 6.07) is 8.41. The Morgan fingerprint density at radius 1 is 1.21 bits per heavy atom. The van der Waals surface area contributed by atoms with Crippen LogP contribution in [0.2, 0.25) is 0 Å². The van der Waals surface area contributed by atoms with Crippen molar-refractivity contribution in [1.29, 1.82) is 0 Å². The van der Waals surface area contributed by atoms with Crippen LogP contribution in [0.1, 0.15) is 38.2 Å². The molecule has 6 N–H and O–H groups in total. The lowest BCUT2D eigenvalue weighted by Crippen LogP contribution is -2.72. The van der Waals surface area contributed by atoms with Gasteiger partial charge in [-0.1, -0.05) is 25.1 Å². The fourth-order valence-electron chi connectivity index (χ4n) is 8.16. The zero-order chi connectivity index (χ0) is 23.8. The average molecular weight is 460 g/mol. The Balaban J connectivity index is 0.000000219. The summed E-state index contributed by atoms with van der Waals surface area (Å²) in [5, 5.41) is 38.7. The summed E-state index contributed by atoms with van der Waals surface area (Å²) >= 11 is 0. The van der Waals surface area contributed by atoms with E-state index in [0.29, 0.717) is 35.9 Å². The van der Waals surface area contributed by atoms with E-state index in [1.54, 1.807) is 0 Å². The molecular weight excluding hydrogens is 426 g/mol. The Hall–Kier alpha value is -2.20. The lowest BCUT2D eigenvalue weighted by molar-refractivity contribution is -0.211. The first-order valence-corrected chi connectivity index (χ1v) is 11.8. The summed E-state index contributed by atoms with van der Waals surface area (Å²) in [5.41, 5.74) is 7.35. The molecule has 0 amide bonds. The van der Waals surface area contributed by atoms with Gasteiger partial charge in [0.1, 0.15) is 12.3 Å². The van der Waals surface area contributed by atoms with Crippen molar-refractivity contribution in [2.45, 2.75) is 74.5 Å². The standard InChI is InChI=1S/C20H26N2O2.C4H7NO4/c1-3-10-11-8-14-17-20(12-6-4-5-7-13(12)21(17)2)9-15(16(11)18(20)23)22(14)19(10)24;5-2(4(8)9)1-3(6)7/h4-7,10-11,14-19,23-24H,3,8-9H2,1-2H3;2H,1,5H2,(H,6,7)(H,8,9)/t10-,11+,14-,15-,16?,17-,18+,19+,20+;/m0./s1. The van der Waals surface area contributed by atoms with Gasteiger partial charge in [-0.15, -0.1) is 0 Å². The largest absolute Gasteiger partial charge is 0.481 e. The number of carboxylic acid groups (broad SMARTS) is 2. The topological polar surface area (TPSA) is 148 Å². The summed E-state index contributed by atoms with van der Waals surface area (Å²) in [4.78, 5) is 24.4. The fraction of sp³-hybridized carbons (Fsp3) is 0.667. The zero-order valence-corrected chi connectivity index (χ0v) is 18.9. The van der Waals surface area contributed by atoms with E-state index in [1.807, 2.05) is 0 Å². The summed E-state index contributed by atoms with van der Waals surface area (Å²) < 4.78 is 0. The predicted octanol–water partition coefficient (Wildman–Crippen LogP) is 0.428. The maximum Gasteiger partial charge on any atom is 0.321 e. The molecule has 11 atom stereocenters. The molecule has 5 fully saturated rings. The number of fused-ring (bicyclic) bond motifs is 2. The SMILES string of the molecule is CC[C@@H]1[C@@H](O)N2[C@H]3C[C@@]45c6ccccc6N(C)[C@H]4[C@@H]2C[C@H]1C3[C@H]5O.NC(CC(=O)O)C(=O)O. The Bertz CT molecular complexity index is 973. The second-order valence-electron chi connectivity index (χ2n) is 10.3. The first-order valence-electron chi connectivity index (χ1n) is 11.8. The third kappa shape index (κ3) is 2.86. The molecule has 3 unspecified atom stereocenters. The maximum atomic E-state index is 11.6. The van der Waals surface area contributed by atoms with Crippen LogP contribution in [0.5, 0.6) is 0 Å². The van der Waals surface area contributed by atoms with Crippen LogP contribution in [0.3, 0.4) is 0 Å². The second kappa shape index (κ2) is 7.66. The number of rotatable bonds is 4. The Labute approximate surface area is 192 Å². The molecule has 5 bridgehead atoms. The lowest BCUT2D eigenvalue weighted by atomic mass is 9.62. The van der Waals surface area contributed by atoms with Gasteiger partial charge in [-0.25, -0.2) is 0 Å². The van der Waals surface area contributed by atoms with Crippen molar-refractivity contribution in [2.75, 3.05) is 11.9 Å². The number of aliphatic hydroxyl groups excluding tert-OH is 2. The van der Waals surface area contributed by atoms with Gasteiger partial charge in [0.2, 0.25) is 0 Å². The molecule has 1 aliphatic carbocycles. The molecule has 0 radical (unpaired) electrons. The number of carboxylic acids is 2. The minimum Gasteiger partial charge on any atom is -0.481 e. The van der Waals surface area contributed by atoms with Crippen molar-refractivity contribution < 1.29 is 30.0 Å². The third-order valence-corrected chi connectivity index (χ3v) is 9.17. The highest BCUT2D eigenvalue weighted by Gasteiger charge is 2.76. The number of nitrogens with two attached hydrogens (primary N) is 1. The number of aliphatic hydroxyl groups is 2. The Morgan fingerprint density at radius 3 is 2.52 bits per heavy atom. The van der Waals surface area contributed by atoms with Gasteiger partial charge in [-0.3, -0.25) is 14.5 Å². The van der Waals surface area contributed by atoms with Crippen molar-refractivity contribution in [1.82, 2.24) is 4.90 Å². The quantitative estimate of drug-likeness (QED) is 0.432. The summed E-state index contributed by atoms with van der Waals surface area (Å²) in [6.45, 7) is 2.19. The Morgan fingerprint density at radius 2 is 1.91 bits per heavy atom. The number of benzene rings is 1. The number of para-hydroxylation sites is 1. The zero-order valence-electron chi connectivity index (χ0n) is 18.9. The summed E-state index contributed by atoms with van der Waals surface area (Å²) in [6.07, 6.45) is 2.02. The molecule has 5 aliphatic heterocycles. The van der Waals surface area contributed by atoms with Gasteiger partial charge in [0, 0.05) is 42.1 Å². The smallest absolute Gasteiger partial charge is 0.321 e. The van der Waals surface area contributed by atoms with Crippen LogP contribution in [0.15, 0.2) is 24.3 Å². The molecule has 9 nitrogen and oxygen atoms in total. The second-order valence-corrected chi connectivity index (χ2v) is 10.3. The molecule has 5 heterocycles. The number of carbonyl (C=O) groups is 2. The molecule has 6 aliphatic rings. The van der Waals surface area contributed by atoms with E-state index >= 15 is 0 Å². The van der Waals surface area contributed by atoms with Crippen LogP contribution in [0.4, 0.5) is 5.69 Å². The number of nitrogens with zero attached hydrogens (tertiary/aromatic N) is 2. The minimum atomic E-state index is -1.29. The number of aliphatic carboxylic acids is 2. The van der Waals surface area contributed by atoms with Crippen LogP contribution in [0, 0.1) is 17.8 Å². The number of hydrogen-bond donors (Lipinski definition) is 5. The molecule has 4 saturated heterocycles. The van der Waals surface area contributed by atoms with Crippen LogP contribution >= 0.6 is 0 Å². The number of likely N-dealkylation sites (N-methyl/N-ethyl adjacent to an activating group) is 1. The first-order chi connectivity index (χ1) is 15.6. The van der Waals surface area contributed by atoms with Crippen LogP contribution in [-0.4, -0.2) is 80.8 Å². The average Bonchev–Trinajstić information content (AvgIpc) is 3.15. The van der Waals surface area contributed by atoms with Gasteiger partial charge in [0.25, 0.3) is 0 Å². The number of piperidine rings is 4. The molecule has 1 aromatic rings. The highest BCUT2D eigenvalue weighted by molar-refractivity contribution is 5.80.